The molecule has 0 spiro atoms. The first-order chi connectivity index (χ1) is 9.77. The minimum atomic E-state index is -4.54. The fourth-order valence-corrected chi connectivity index (χ4v) is 3.06. The van der Waals surface area contributed by atoms with Gasteiger partial charge in [0.05, 0.1) is 0 Å². The second kappa shape index (κ2) is 6.07. The van der Waals surface area contributed by atoms with Crippen molar-refractivity contribution in [3.8, 4) is 0 Å². The van der Waals surface area contributed by atoms with E-state index in [2.05, 4.69) is 20.9 Å². The fourth-order valence-electron chi connectivity index (χ4n) is 1.52. The number of alkyl halides is 3. The van der Waals surface area contributed by atoms with E-state index in [4.69, 9.17) is 11.1 Å². The third-order valence-corrected chi connectivity index (χ3v) is 3.94. The number of halogens is 4. The summed E-state index contributed by atoms with van der Waals surface area (Å²) >= 11 is 4.31. The average molecular weight is 376 g/mol. The lowest BCUT2D eigenvalue weighted by molar-refractivity contribution is -0.141. The van der Waals surface area contributed by atoms with Crippen molar-refractivity contribution < 1.29 is 13.2 Å². The molecule has 1 aromatic carbocycles. The van der Waals surface area contributed by atoms with Crippen molar-refractivity contribution in [3.05, 3.63) is 52.1 Å². The normalized spacial score (nSPS) is 11.4. The second-order valence-corrected chi connectivity index (χ2v) is 6.00. The predicted octanol–water partition coefficient (Wildman–Crippen LogP) is 4.30. The first-order valence-corrected chi connectivity index (χ1v) is 7.24. The van der Waals surface area contributed by atoms with E-state index in [0.29, 0.717) is 4.90 Å². The summed E-state index contributed by atoms with van der Waals surface area (Å²) in [7, 11) is 0. The molecule has 0 atom stereocenters. The van der Waals surface area contributed by atoms with Gasteiger partial charge in [-0.2, -0.15) is 13.2 Å². The molecule has 0 aliphatic rings. The molecule has 110 valence electrons. The van der Waals surface area contributed by atoms with Gasteiger partial charge in [-0.15, -0.1) is 0 Å². The number of nitrogens with two attached hydrogens (primary N) is 1. The Morgan fingerprint density at radius 3 is 2.52 bits per heavy atom. The van der Waals surface area contributed by atoms with Crippen LogP contribution in [0.5, 0.6) is 0 Å². The maximum atomic E-state index is 12.7. The molecule has 0 aliphatic carbocycles. The van der Waals surface area contributed by atoms with Crippen molar-refractivity contribution in [1.82, 2.24) is 4.98 Å². The van der Waals surface area contributed by atoms with Crippen molar-refractivity contribution in [1.29, 1.82) is 5.41 Å². The maximum absolute atomic E-state index is 12.7. The third-order valence-electron chi connectivity index (χ3n) is 2.45. The minimum absolute atomic E-state index is 0.0513. The number of benzene rings is 1. The smallest absolute Gasteiger partial charge is 0.384 e. The van der Waals surface area contributed by atoms with E-state index >= 15 is 0 Å². The molecule has 1 heterocycles. The SMILES string of the molecule is N=C(N)c1ccc(C(F)(F)F)nc1Sc1cccc(Br)c1. The first kappa shape index (κ1) is 15.8. The summed E-state index contributed by atoms with van der Waals surface area (Å²) in [4.78, 5) is 4.29. The number of aromatic nitrogens is 1. The van der Waals surface area contributed by atoms with Crippen LogP contribution in [0, 0.1) is 5.41 Å². The van der Waals surface area contributed by atoms with Crippen LogP contribution < -0.4 is 5.73 Å². The molecule has 0 unspecified atom stereocenters. The molecule has 0 aliphatic heterocycles. The molecule has 3 N–H and O–H groups in total. The molecule has 1 aromatic heterocycles. The summed E-state index contributed by atoms with van der Waals surface area (Å²) in [5.41, 5.74) is 4.56. The van der Waals surface area contributed by atoms with Crippen LogP contribution in [0.4, 0.5) is 13.2 Å². The van der Waals surface area contributed by atoms with Gasteiger partial charge in [-0.3, -0.25) is 5.41 Å². The van der Waals surface area contributed by atoms with Crippen LogP contribution in [0.15, 0.2) is 50.8 Å². The molecule has 0 radical (unpaired) electrons. The summed E-state index contributed by atoms with van der Waals surface area (Å²) < 4.78 is 39.0. The summed E-state index contributed by atoms with van der Waals surface area (Å²) in [6, 6.07) is 9.03. The fraction of sp³-hybridized carbons (Fsp3) is 0.0769. The molecule has 0 amide bonds. The third kappa shape index (κ3) is 3.98. The molecular weight excluding hydrogens is 367 g/mol. The lowest BCUT2D eigenvalue weighted by atomic mass is 10.2. The largest absolute Gasteiger partial charge is 0.433 e. The number of nitrogens with one attached hydrogen (secondary N) is 1. The highest BCUT2D eigenvalue weighted by atomic mass is 79.9. The Morgan fingerprint density at radius 1 is 1.24 bits per heavy atom. The van der Waals surface area contributed by atoms with Crippen LogP contribution in [-0.4, -0.2) is 10.8 Å². The van der Waals surface area contributed by atoms with Gasteiger partial charge in [0.15, 0.2) is 0 Å². The molecule has 2 aromatic rings. The topological polar surface area (TPSA) is 62.8 Å². The number of rotatable bonds is 3. The monoisotopic (exact) mass is 375 g/mol. The van der Waals surface area contributed by atoms with Crippen molar-refractivity contribution in [2.24, 2.45) is 5.73 Å². The Hall–Kier alpha value is -1.54. The number of hydrogen-bond donors (Lipinski definition) is 2. The lowest BCUT2D eigenvalue weighted by Crippen LogP contribution is -2.16. The van der Waals surface area contributed by atoms with Crippen LogP contribution in [0.3, 0.4) is 0 Å². The minimum Gasteiger partial charge on any atom is -0.384 e. The molecule has 0 fully saturated rings. The number of pyridine rings is 1. The zero-order chi connectivity index (χ0) is 15.6. The summed E-state index contributed by atoms with van der Waals surface area (Å²) in [6.07, 6.45) is -4.54. The van der Waals surface area contributed by atoms with Crippen LogP contribution >= 0.6 is 27.7 Å². The van der Waals surface area contributed by atoms with Gasteiger partial charge in [0.1, 0.15) is 16.6 Å². The summed E-state index contributed by atoms with van der Waals surface area (Å²) in [5.74, 6) is -0.325. The Kier molecular flexibility index (Phi) is 4.58. The van der Waals surface area contributed by atoms with Crippen molar-refractivity contribution in [2.45, 2.75) is 16.1 Å². The Balaban J connectivity index is 2.46. The van der Waals surface area contributed by atoms with E-state index in [1.807, 2.05) is 0 Å². The maximum Gasteiger partial charge on any atom is 0.433 e. The number of hydrogen-bond acceptors (Lipinski definition) is 3. The van der Waals surface area contributed by atoms with E-state index in [1.54, 1.807) is 24.3 Å². The van der Waals surface area contributed by atoms with Gasteiger partial charge >= 0.3 is 6.18 Å². The summed E-state index contributed by atoms with van der Waals surface area (Å²) in [6.45, 7) is 0. The highest BCUT2D eigenvalue weighted by Gasteiger charge is 2.33. The van der Waals surface area contributed by atoms with E-state index in [0.717, 1.165) is 22.3 Å². The van der Waals surface area contributed by atoms with Crippen LogP contribution in [0.25, 0.3) is 0 Å². The Morgan fingerprint density at radius 2 is 1.95 bits per heavy atom. The van der Waals surface area contributed by atoms with E-state index in [-0.39, 0.29) is 16.4 Å². The molecule has 0 saturated carbocycles. The molecule has 3 nitrogen and oxygen atoms in total. The van der Waals surface area contributed by atoms with Crippen LogP contribution in [0.2, 0.25) is 0 Å². The molecular formula is C13H9BrF3N3S. The molecule has 21 heavy (non-hydrogen) atoms. The number of amidine groups is 1. The van der Waals surface area contributed by atoms with E-state index < -0.39 is 11.9 Å². The first-order valence-electron chi connectivity index (χ1n) is 5.63. The van der Waals surface area contributed by atoms with Crippen molar-refractivity contribution in [2.75, 3.05) is 0 Å². The van der Waals surface area contributed by atoms with Gasteiger partial charge in [-0.1, -0.05) is 33.8 Å². The zero-order valence-electron chi connectivity index (χ0n) is 10.4. The number of nitrogens with zero attached hydrogens (tertiary/aromatic N) is 1. The van der Waals surface area contributed by atoms with Crippen molar-refractivity contribution >= 4 is 33.5 Å². The predicted molar refractivity (Wildman–Crippen MR) is 78.5 cm³/mol. The highest BCUT2D eigenvalue weighted by Crippen LogP contribution is 2.34. The van der Waals surface area contributed by atoms with Gasteiger partial charge in [0, 0.05) is 14.9 Å². The molecule has 8 heteroatoms. The quantitative estimate of drug-likeness (QED) is 0.620. The number of nitrogen functional groups attached to an aromatic ring is 1. The van der Waals surface area contributed by atoms with Crippen LogP contribution in [0.1, 0.15) is 11.3 Å². The van der Waals surface area contributed by atoms with Gasteiger partial charge in [0.2, 0.25) is 0 Å². The van der Waals surface area contributed by atoms with Gasteiger partial charge in [-0.05, 0) is 30.3 Å². The molecule has 2 rings (SSSR count). The summed E-state index contributed by atoms with van der Waals surface area (Å²) in [5, 5.41) is 7.50. The molecule has 0 bridgehead atoms. The Bertz CT molecular complexity index is 689. The van der Waals surface area contributed by atoms with Gasteiger partial charge < -0.3 is 5.73 Å². The Labute approximate surface area is 131 Å². The van der Waals surface area contributed by atoms with Gasteiger partial charge in [0.25, 0.3) is 0 Å². The van der Waals surface area contributed by atoms with Crippen molar-refractivity contribution in [3.63, 3.8) is 0 Å². The zero-order valence-corrected chi connectivity index (χ0v) is 12.8. The highest BCUT2D eigenvalue weighted by molar-refractivity contribution is 9.10. The standard InChI is InChI=1S/C13H9BrF3N3S/c14-7-2-1-3-8(6-7)21-12-9(11(18)19)4-5-10(20-12)13(15,16)17/h1-6H,(H3,18,19). The van der Waals surface area contributed by atoms with E-state index in [1.165, 1.54) is 6.07 Å². The van der Waals surface area contributed by atoms with Crippen LogP contribution in [-0.2, 0) is 6.18 Å². The van der Waals surface area contributed by atoms with Gasteiger partial charge in [-0.25, -0.2) is 4.98 Å². The lowest BCUT2D eigenvalue weighted by Gasteiger charge is -2.11. The van der Waals surface area contributed by atoms with E-state index in [9.17, 15) is 13.2 Å². The molecule has 0 saturated heterocycles. The second-order valence-electron chi connectivity index (χ2n) is 4.02. The average Bonchev–Trinajstić information content (AvgIpc) is 2.37.